The number of carbonyl (C=O) groups is 1. The molecule has 0 unspecified atom stereocenters. The van der Waals surface area contributed by atoms with Gasteiger partial charge in [-0.25, -0.2) is 8.42 Å². The van der Waals surface area contributed by atoms with Crippen molar-refractivity contribution in [3.63, 3.8) is 0 Å². The first-order chi connectivity index (χ1) is 14.9. The van der Waals surface area contributed by atoms with Crippen LogP contribution >= 0.6 is 11.6 Å². The van der Waals surface area contributed by atoms with Gasteiger partial charge in [0.15, 0.2) is 11.5 Å². The summed E-state index contributed by atoms with van der Waals surface area (Å²) in [6, 6.07) is 11.8. The highest BCUT2D eigenvalue weighted by Crippen LogP contribution is 2.36. The fourth-order valence-corrected chi connectivity index (χ4v) is 5.05. The molecule has 2 aromatic carbocycles. The van der Waals surface area contributed by atoms with Crippen LogP contribution in [0.4, 0.5) is 0 Å². The molecule has 166 valence electrons. The first-order valence-electron chi connectivity index (χ1n) is 9.89. The Kier molecular flexibility index (Phi) is 7.59. The van der Waals surface area contributed by atoms with E-state index in [0.29, 0.717) is 41.8 Å². The number of nitrogens with zero attached hydrogens (tertiary/aromatic N) is 2. The molecule has 2 aromatic rings. The molecule has 1 saturated heterocycles. The van der Waals surface area contributed by atoms with E-state index >= 15 is 0 Å². The van der Waals surface area contributed by atoms with Crippen molar-refractivity contribution in [2.75, 3.05) is 39.9 Å². The first kappa shape index (κ1) is 23.1. The maximum absolute atomic E-state index is 12.7. The number of ether oxygens (including phenoxy) is 2. The van der Waals surface area contributed by atoms with Gasteiger partial charge in [0.25, 0.3) is 0 Å². The number of methoxy groups -OCH3 is 1. The third kappa shape index (κ3) is 5.39. The Balaban J connectivity index is 1.65. The van der Waals surface area contributed by atoms with Crippen LogP contribution in [0.2, 0.25) is 5.02 Å². The van der Waals surface area contributed by atoms with Crippen molar-refractivity contribution in [2.45, 2.75) is 11.8 Å². The van der Waals surface area contributed by atoms with Gasteiger partial charge >= 0.3 is 0 Å². The molecule has 0 spiro atoms. The van der Waals surface area contributed by atoms with Gasteiger partial charge in [-0.05, 0) is 42.8 Å². The van der Waals surface area contributed by atoms with Gasteiger partial charge in [0.05, 0.1) is 23.6 Å². The SMILES string of the molecule is CCOc1cc(/C=C/C(=O)N2CCN(S(=O)(=O)c3ccccc3)CC2)cc(Cl)c1OC. The van der Waals surface area contributed by atoms with Crippen LogP contribution < -0.4 is 9.47 Å². The monoisotopic (exact) mass is 464 g/mol. The quantitative estimate of drug-likeness (QED) is 0.588. The zero-order chi connectivity index (χ0) is 22.4. The normalized spacial score (nSPS) is 15.3. The molecule has 1 aliphatic heterocycles. The summed E-state index contributed by atoms with van der Waals surface area (Å²) in [5.74, 6) is 0.758. The van der Waals surface area contributed by atoms with Crippen molar-refractivity contribution >= 4 is 33.6 Å². The summed E-state index contributed by atoms with van der Waals surface area (Å²) in [5, 5.41) is 0.389. The number of sulfonamides is 1. The minimum Gasteiger partial charge on any atom is -0.491 e. The van der Waals surface area contributed by atoms with E-state index in [2.05, 4.69) is 0 Å². The summed E-state index contributed by atoms with van der Waals surface area (Å²) >= 11 is 6.25. The average molecular weight is 465 g/mol. The van der Waals surface area contributed by atoms with Gasteiger partial charge in [-0.2, -0.15) is 4.31 Å². The van der Waals surface area contributed by atoms with Crippen molar-refractivity contribution in [1.82, 2.24) is 9.21 Å². The van der Waals surface area contributed by atoms with E-state index in [4.69, 9.17) is 21.1 Å². The van der Waals surface area contributed by atoms with Gasteiger partial charge in [0.2, 0.25) is 15.9 Å². The van der Waals surface area contributed by atoms with E-state index < -0.39 is 10.0 Å². The lowest BCUT2D eigenvalue weighted by molar-refractivity contribution is -0.127. The Morgan fingerprint density at radius 3 is 2.42 bits per heavy atom. The number of piperazine rings is 1. The third-order valence-corrected chi connectivity index (χ3v) is 7.08. The molecule has 0 saturated carbocycles. The third-order valence-electron chi connectivity index (χ3n) is 4.89. The molecule has 9 heteroatoms. The van der Waals surface area contributed by atoms with Gasteiger partial charge in [-0.1, -0.05) is 29.8 Å². The Hall–Kier alpha value is -2.55. The minimum atomic E-state index is -3.55. The number of carbonyl (C=O) groups excluding carboxylic acids is 1. The molecular weight excluding hydrogens is 440 g/mol. The van der Waals surface area contributed by atoms with E-state index in [0.717, 1.165) is 0 Å². The van der Waals surface area contributed by atoms with Crippen molar-refractivity contribution in [1.29, 1.82) is 0 Å². The summed E-state index contributed by atoms with van der Waals surface area (Å²) in [4.78, 5) is 14.5. The zero-order valence-corrected chi connectivity index (χ0v) is 19.0. The van der Waals surface area contributed by atoms with Gasteiger partial charge in [-0.15, -0.1) is 0 Å². The number of hydrogen-bond donors (Lipinski definition) is 0. The van der Waals surface area contributed by atoms with E-state index in [1.807, 2.05) is 6.92 Å². The molecule has 3 rings (SSSR count). The molecule has 0 bridgehead atoms. The second-order valence-electron chi connectivity index (χ2n) is 6.84. The van der Waals surface area contributed by atoms with Crippen LogP contribution in [0.25, 0.3) is 6.08 Å². The molecule has 0 radical (unpaired) electrons. The van der Waals surface area contributed by atoms with Crippen molar-refractivity contribution in [2.24, 2.45) is 0 Å². The fraction of sp³-hybridized carbons (Fsp3) is 0.318. The molecule has 1 amide bonds. The molecule has 0 atom stereocenters. The smallest absolute Gasteiger partial charge is 0.246 e. The molecular formula is C22H25ClN2O5S. The number of halogens is 1. The van der Waals surface area contributed by atoms with Gasteiger partial charge in [0, 0.05) is 32.3 Å². The Labute approximate surface area is 187 Å². The summed E-state index contributed by atoms with van der Waals surface area (Å²) in [6.07, 6.45) is 3.11. The summed E-state index contributed by atoms with van der Waals surface area (Å²) < 4.78 is 37.7. The highest BCUT2D eigenvalue weighted by atomic mass is 35.5. The second-order valence-corrected chi connectivity index (χ2v) is 9.19. The summed E-state index contributed by atoms with van der Waals surface area (Å²) in [7, 11) is -2.04. The molecule has 31 heavy (non-hydrogen) atoms. The van der Waals surface area contributed by atoms with Crippen LogP contribution in [0.5, 0.6) is 11.5 Å². The Morgan fingerprint density at radius 2 is 1.81 bits per heavy atom. The Bertz CT molecular complexity index is 1050. The number of hydrogen-bond acceptors (Lipinski definition) is 5. The first-order valence-corrected chi connectivity index (χ1v) is 11.7. The predicted molar refractivity (Wildman–Crippen MR) is 120 cm³/mol. The topological polar surface area (TPSA) is 76.2 Å². The second kappa shape index (κ2) is 10.2. The molecule has 0 aromatic heterocycles. The largest absolute Gasteiger partial charge is 0.491 e. The van der Waals surface area contributed by atoms with Crippen molar-refractivity contribution < 1.29 is 22.7 Å². The molecule has 7 nitrogen and oxygen atoms in total. The maximum atomic E-state index is 12.7. The zero-order valence-electron chi connectivity index (χ0n) is 17.5. The highest BCUT2D eigenvalue weighted by molar-refractivity contribution is 7.89. The van der Waals surface area contributed by atoms with E-state index in [9.17, 15) is 13.2 Å². The van der Waals surface area contributed by atoms with Crippen LogP contribution in [-0.4, -0.2) is 63.4 Å². The lowest BCUT2D eigenvalue weighted by atomic mass is 10.1. The number of amides is 1. The van der Waals surface area contributed by atoms with Gasteiger partial charge in [0.1, 0.15) is 0 Å². The van der Waals surface area contributed by atoms with Crippen molar-refractivity contribution in [3.8, 4) is 11.5 Å². The fourth-order valence-electron chi connectivity index (χ4n) is 3.31. The molecule has 1 heterocycles. The van der Waals surface area contributed by atoms with Crippen LogP contribution in [0.3, 0.4) is 0 Å². The number of benzene rings is 2. The van der Waals surface area contributed by atoms with Crippen LogP contribution in [0, 0.1) is 0 Å². The molecule has 1 fully saturated rings. The molecule has 0 N–H and O–H groups in total. The van der Waals surface area contributed by atoms with Crippen LogP contribution in [-0.2, 0) is 14.8 Å². The Morgan fingerprint density at radius 1 is 1.13 bits per heavy atom. The standard InChI is InChI=1S/C22H25ClN2O5S/c1-3-30-20-16-17(15-19(23)22(20)29-2)9-10-21(26)24-11-13-25(14-12-24)31(27,28)18-7-5-4-6-8-18/h4-10,15-16H,3,11-14H2,1-2H3/b10-9+. The highest BCUT2D eigenvalue weighted by Gasteiger charge is 2.29. The van der Waals surface area contributed by atoms with E-state index in [-0.39, 0.29) is 23.9 Å². The lowest BCUT2D eigenvalue weighted by Gasteiger charge is -2.33. The van der Waals surface area contributed by atoms with E-state index in [1.54, 1.807) is 53.4 Å². The lowest BCUT2D eigenvalue weighted by Crippen LogP contribution is -2.50. The van der Waals surface area contributed by atoms with Gasteiger partial charge in [-0.3, -0.25) is 4.79 Å². The molecule has 0 aliphatic carbocycles. The van der Waals surface area contributed by atoms with Crippen LogP contribution in [0.1, 0.15) is 12.5 Å². The van der Waals surface area contributed by atoms with Crippen LogP contribution in [0.15, 0.2) is 53.4 Å². The number of rotatable bonds is 7. The predicted octanol–water partition coefficient (Wildman–Crippen LogP) is 3.29. The average Bonchev–Trinajstić information content (AvgIpc) is 2.78. The summed E-state index contributed by atoms with van der Waals surface area (Å²) in [5.41, 5.74) is 0.702. The minimum absolute atomic E-state index is 0.193. The summed E-state index contributed by atoms with van der Waals surface area (Å²) in [6.45, 7) is 3.46. The van der Waals surface area contributed by atoms with E-state index in [1.165, 1.54) is 17.5 Å². The van der Waals surface area contributed by atoms with Crippen molar-refractivity contribution in [3.05, 3.63) is 59.1 Å². The maximum Gasteiger partial charge on any atom is 0.246 e. The van der Waals surface area contributed by atoms with Gasteiger partial charge < -0.3 is 14.4 Å². The molecule has 1 aliphatic rings.